The molecule has 1 fully saturated rings. The van der Waals surface area contributed by atoms with E-state index in [2.05, 4.69) is 5.32 Å². The lowest BCUT2D eigenvalue weighted by Crippen LogP contribution is -2.25. The fourth-order valence-corrected chi connectivity index (χ4v) is 5.49. The van der Waals surface area contributed by atoms with Crippen molar-refractivity contribution in [1.29, 1.82) is 0 Å². The minimum Gasteiger partial charge on any atom is -0.395 e. The molecule has 9 heteroatoms. The summed E-state index contributed by atoms with van der Waals surface area (Å²) in [7, 11) is 0. The Balaban J connectivity index is 1.78. The summed E-state index contributed by atoms with van der Waals surface area (Å²) in [6, 6.07) is 1.81. The fraction of sp³-hybridized carbons (Fsp3) is 0.609. The normalized spacial score (nSPS) is 24.6. The minimum absolute atomic E-state index is 0.0638. The minimum atomic E-state index is -0.678. The Hall–Kier alpha value is -0.930. The molecule has 0 unspecified atom stereocenters. The van der Waals surface area contributed by atoms with Crippen LogP contribution < -0.4 is 5.32 Å². The number of hydrogen-bond donors (Lipinski definition) is 5. The largest absolute Gasteiger partial charge is 0.395 e. The maximum atomic E-state index is 11.5. The summed E-state index contributed by atoms with van der Waals surface area (Å²) in [4.78, 5) is 11.5. The van der Waals surface area contributed by atoms with Gasteiger partial charge in [0.15, 0.2) is 0 Å². The Morgan fingerprint density at radius 1 is 1.28 bits per heavy atom. The second-order valence-corrected chi connectivity index (χ2v) is 10.4. The van der Waals surface area contributed by atoms with E-state index in [0.717, 1.165) is 12.0 Å². The molecule has 1 aliphatic rings. The van der Waals surface area contributed by atoms with E-state index in [-0.39, 0.29) is 30.9 Å². The lowest BCUT2D eigenvalue weighted by Gasteiger charge is -2.19. The van der Waals surface area contributed by atoms with Crippen LogP contribution in [-0.2, 0) is 11.2 Å². The average Bonchev–Trinajstić information content (AvgIpc) is 3.21. The van der Waals surface area contributed by atoms with E-state index in [1.165, 1.54) is 11.3 Å². The van der Waals surface area contributed by atoms with E-state index in [0.29, 0.717) is 47.2 Å². The molecule has 1 aromatic rings. The lowest BCUT2D eigenvalue weighted by atomic mass is 9.89. The van der Waals surface area contributed by atoms with Crippen LogP contribution in [0.2, 0.25) is 8.67 Å². The van der Waals surface area contributed by atoms with Gasteiger partial charge in [-0.3, -0.25) is 4.79 Å². The highest BCUT2D eigenvalue weighted by Gasteiger charge is 2.39. The van der Waals surface area contributed by atoms with E-state index in [1.807, 2.05) is 24.3 Å². The number of unbranched alkanes of at least 4 members (excludes halogenated alkanes) is 1. The monoisotopic (exact) mass is 505 g/mol. The van der Waals surface area contributed by atoms with Crippen molar-refractivity contribution in [1.82, 2.24) is 5.32 Å². The third kappa shape index (κ3) is 9.14. The molecule has 1 amide bonds. The first-order chi connectivity index (χ1) is 15.3. The van der Waals surface area contributed by atoms with Gasteiger partial charge in [0.05, 0.1) is 33.6 Å². The fourth-order valence-electron chi connectivity index (χ4n) is 3.94. The van der Waals surface area contributed by atoms with Crippen LogP contribution in [0.5, 0.6) is 0 Å². The molecule has 1 aromatic heterocycles. The van der Waals surface area contributed by atoms with Gasteiger partial charge < -0.3 is 25.7 Å². The zero-order valence-electron chi connectivity index (χ0n) is 18.0. The first kappa shape index (κ1) is 27.3. The molecule has 0 bridgehead atoms. The van der Waals surface area contributed by atoms with Crippen LogP contribution in [0.1, 0.15) is 44.1 Å². The Bertz CT molecular complexity index is 770. The molecule has 2 rings (SSSR count). The molecule has 0 aliphatic heterocycles. The molecule has 1 aliphatic carbocycles. The molecule has 5 N–H and O–H groups in total. The number of halogens is 2. The van der Waals surface area contributed by atoms with Crippen molar-refractivity contribution in [2.24, 2.45) is 11.8 Å². The number of hydrogen-bond acceptors (Lipinski definition) is 6. The topological polar surface area (TPSA) is 110 Å². The van der Waals surface area contributed by atoms with Crippen LogP contribution in [0.3, 0.4) is 0 Å². The number of allylic oxidation sites excluding steroid dienone is 2. The van der Waals surface area contributed by atoms with Gasteiger partial charge in [-0.25, -0.2) is 0 Å². The molecular formula is C23H33Cl2NO5S. The maximum absolute atomic E-state index is 11.5. The van der Waals surface area contributed by atoms with Gasteiger partial charge in [0, 0.05) is 25.3 Å². The van der Waals surface area contributed by atoms with Gasteiger partial charge in [-0.05, 0) is 49.7 Å². The molecular weight excluding hydrogens is 473 g/mol. The Kier molecular flexibility index (Phi) is 12.3. The third-order valence-corrected chi connectivity index (χ3v) is 7.26. The van der Waals surface area contributed by atoms with Crippen LogP contribution in [0, 0.1) is 11.8 Å². The van der Waals surface area contributed by atoms with Crippen molar-refractivity contribution in [3.05, 3.63) is 44.6 Å². The summed E-state index contributed by atoms with van der Waals surface area (Å²) in [6.45, 7) is 0.210. The molecule has 32 heavy (non-hydrogen) atoms. The van der Waals surface area contributed by atoms with E-state index in [9.17, 15) is 20.1 Å². The van der Waals surface area contributed by atoms with Crippen LogP contribution in [0.15, 0.2) is 30.4 Å². The highest BCUT2D eigenvalue weighted by atomic mass is 35.5. The zero-order valence-corrected chi connectivity index (χ0v) is 20.3. The summed E-state index contributed by atoms with van der Waals surface area (Å²) in [5.74, 6) is -0.426. The second kappa shape index (κ2) is 14.4. The summed E-state index contributed by atoms with van der Waals surface area (Å²) in [6.07, 6.45) is 9.44. The maximum Gasteiger partial charge on any atom is 0.220 e. The van der Waals surface area contributed by atoms with Gasteiger partial charge in [0.25, 0.3) is 0 Å². The highest BCUT2D eigenvalue weighted by Crippen LogP contribution is 2.36. The molecule has 1 heterocycles. The predicted molar refractivity (Wildman–Crippen MR) is 129 cm³/mol. The van der Waals surface area contributed by atoms with Gasteiger partial charge in [-0.2, -0.15) is 0 Å². The molecule has 5 atom stereocenters. The summed E-state index contributed by atoms with van der Waals surface area (Å²) in [5, 5.41) is 42.3. The number of rotatable bonds is 13. The predicted octanol–water partition coefficient (Wildman–Crippen LogP) is 3.49. The summed E-state index contributed by atoms with van der Waals surface area (Å²) in [5.41, 5.74) is 0.916. The number of thiophene rings is 1. The number of aliphatic hydroxyl groups excluding tert-OH is 4. The first-order valence-electron chi connectivity index (χ1n) is 11.0. The van der Waals surface area contributed by atoms with E-state index < -0.39 is 18.3 Å². The smallest absolute Gasteiger partial charge is 0.220 e. The molecule has 1 saturated carbocycles. The van der Waals surface area contributed by atoms with Gasteiger partial charge in [0.1, 0.15) is 0 Å². The third-order valence-electron chi connectivity index (χ3n) is 5.69. The van der Waals surface area contributed by atoms with Crippen LogP contribution >= 0.6 is 34.5 Å². The van der Waals surface area contributed by atoms with E-state index in [1.54, 1.807) is 6.08 Å². The van der Waals surface area contributed by atoms with Gasteiger partial charge in [-0.1, -0.05) is 47.5 Å². The Labute approximate surface area is 203 Å². The molecule has 180 valence electrons. The van der Waals surface area contributed by atoms with Crippen LogP contribution in [-0.4, -0.2) is 57.8 Å². The Morgan fingerprint density at radius 2 is 2.06 bits per heavy atom. The van der Waals surface area contributed by atoms with E-state index in [4.69, 9.17) is 28.3 Å². The van der Waals surface area contributed by atoms with Crippen LogP contribution in [0.4, 0.5) is 0 Å². The number of carbonyl (C=O) groups excluding carboxylic acids is 1. The first-order valence-corrected chi connectivity index (χ1v) is 12.6. The Morgan fingerprint density at radius 3 is 2.75 bits per heavy atom. The zero-order chi connectivity index (χ0) is 23.5. The van der Waals surface area contributed by atoms with Crippen molar-refractivity contribution in [3.63, 3.8) is 0 Å². The van der Waals surface area contributed by atoms with Crippen molar-refractivity contribution in [2.75, 3.05) is 13.2 Å². The van der Waals surface area contributed by atoms with Crippen molar-refractivity contribution in [3.8, 4) is 0 Å². The number of aliphatic hydroxyl groups is 4. The van der Waals surface area contributed by atoms with Crippen LogP contribution in [0.25, 0.3) is 0 Å². The standard InChI is InChI=1S/C23H33Cl2NO5S/c24-21-13-15(23(25)32-21)7-8-16(28)9-10-18-17(19(29)14-20(18)30)5-3-1-2-4-6-22(31)26-11-12-27/h1,3,9-10,13,16-20,27-30H,2,4-8,11-12,14H2,(H,26,31)/b3-1-,10-9+/t16-,17+,18+,19-,20+/m0/s1. The average molecular weight is 506 g/mol. The number of carbonyl (C=O) groups is 1. The molecule has 0 saturated heterocycles. The lowest BCUT2D eigenvalue weighted by molar-refractivity contribution is -0.121. The number of nitrogens with one attached hydrogen (secondary N) is 1. The molecule has 0 radical (unpaired) electrons. The summed E-state index contributed by atoms with van der Waals surface area (Å²) < 4.78 is 1.26. The second-order valence-electron chi connectivity index (χ2n) is 8.12. The van der Waals surface area contributed by atoms with Gasteiger partial charge in [0.2, 0.25) is 5.91 Å². The van der Waals surface area contributed by atoms with Gasteiger partial charge in [-0.15, -0.1) is 11.3 Å². The summed E-state index contributed by atoms with van der Waals surface area (Å²) >= 11 is 13.4. The van der Waals surface area contributed by atoms with Crippen molar-refractivity contribution in [2.45, 2.75) is 63.3 Å². The number of aryl methyl sites for hydroxylation is 1. The highest BCUT2D eigenvalue weighted by molar-refractivity contribution is 7.20. The quantitative estimate of drug-likeness (QED) is 0.208. The number of amides is 1. The van der Waals surface area contributed by atoms with Crippen molar-refractivity contribution < 1.29 is 25.2 Å². The molecule has 0 spiro atoms. The molecule has 6 nitrogen and oxygen atoms in total. The SMILES string of the molecule is O=C(CCC/C=C\C[C@@H]1[C@@H](/C=C/[C@@H](O)CCc2cc(Cl)sc2Cl)[C@H](O)C[C@@H]1O)NCCO. The van der Waals surface area contributed by atoms with Gasteiger partial charge >= 0.3 is 0 Å². The van der Waals surface area contributed by atoms with Crippen molar-refractivity contribution >= 4 is 40.4 Å². The molecule has 0 aromatic carbocycles. The van der Waals surface area contributed by atoms with E-state index >= 15 is 0 Å².